The summed E-state index contributed by atoms with van der Waals surface area (Å²) in [5.41, 5.74) is 4.97. The number of carbonyl (C=O) groups is 1. The van der Waals surface area contributed by atoms with Crippen LogP contribution in [0.15, 0.2) is 5.16 Å². The van der Waals surface area contributed by atoms with Gasteiger partial charge in [0.25, 0.3) is 0 Å². The Hall–Kier alpha value is -1.30. The maximum absolute atomic E-state index is 12.9. The normalized spacial score (nSPS) is 26.8. The molecule has 1 atom stereocenters. The van der Waals surface area contributed by atoms with Crippen molar-refractivity contribution in [3.8, 4) is 0 Å². The molecular weight excluding hydrogens is 258 g/mol. The van der Waals surface area contributed by atoms with Crippen molar-refractivity contribution in [2.75, 3.05) is 26.3 Å². The molecule has 2 fully saturated rings. The van der Waals surface area contributed by atoms with Crippen molar-refractivity contribution in [1.82, 2.24) is 4.90 Å². The van der Waals surface area contributed by atoms with E-state index in [9.17, 15) is 4.79 Å². The van der Waals surface area contributed by atoms with Gasteiger partial charge in [-0.3, -0.25) is 4.79 Å². The van der Waals surface area contributed by atoms with Crippen LogP contribution < -0.4 is 5.73 Å². The zero-order chi connectivity index (χ0) is 14.6. The van der Waals surface area contributed by atoms with E-state index in [-0.39, 0.29) is 11.7 Å². The quantitative estimate of drug-likeness (QED) is 0.351. The minimum absolute atomic E-state index is 0.00898. The van der Waals surface area contributed by atoms with Gasteiger partial charge in [0.2, 0.25) is 5.91 Å². The smallest absolute Gasteiger partial charge is 0.236 e. The molecule has 20 heavy (non-hydrogen) atoms. The molecule has 0 aliphatic carbocycles. The number of oxime groups is 1. The Morgan fingerprint density at radius 1 is 1.50 bits per heavy atom. The standard InChI is InChI=1S/C14H25N3O3/c1-2-3-11-4-7-17(10-11)13(18)14(12(15)16-19)5-8-20-9-6-14/h11,19H,2-10H2,1H3,(H2,15,16). The Kier molecular flexibility index (Phi) is 4.86. The summed E-state index contributed by atoms with van der Waals surface area (Å²) in [4.78, 5) is 14.8. The lowest BCUT2D eigenvalue weighted by Crippen LogP contribution is -2.53. The SMILES string of the molecule is CCCC1CCN(C(=O)C2(C(N)=NO)CCOCC2)C1. The van der Waals surface area contributed by atoms with E-state index in [1.165, 1.54) is 0 Å². The first-order chi connectivity index (χ1) is 9.64. The van der Waals surface area contributed by atoms with Crippen molar-refractivity contribution in [3.05, 3.63) is 0 Å². The van der Waals surface area contributed by atoms with Gasteiger partial charge in [-0.2, -0.15) is 0 Å². The Labute approximate surface area is 119 Å². The van der Waals surface area contributed by atoms with Crippen LogP contribution in [0.1, 0.15) is 39.0 Å². The third kappa shape index (κ3) is 2.75. The average Bonchev–Trinajstić information content (AvgIpc) is 2.95. The van der Waals surface area contributed by atoms with Crippen LogP contribution >= 0.6 is 0 Å². The van der Waals surface area contributed by atoms with Crippen LogP contribution in [-0.4, -0.2) is 48.2 Å². The predicted molar refractivity (Wildman–Crippen MR) is 75.5 cm³/mol. The molecule has 2 aliphatic rings. The molecule has 2 heterocycles. The Morgan fingerprint density at radius 2 is 2.20 bits per heavy atom. The molecule has 114 valence electrons. The van der Waals surface area contributed by atoms with Crippen molar-refractivity contribution < 1.29 is 14.7 Å². The number of carbonyl (C=O) groups excluding carboxylic acids is 1. The van der Waals surface area contributed by atoms with Gasteiger partial charge in [0.1, 0.15) is 5.41 Å². The number of rotatable bonds is 4. The number of amidine groups is 1. The summed E-state index contributed by atoms with van der Waals surface area (Å²) in [5.74, 6) is 0.632. The molecule has 0 radical (unpaired) electrons. The Balaban J connectivity index is 2.12. The average molecular weight is 283 g/mol. The monoisotopic (exact) mass is 283 g/mol. The van der Waals surface area contributed by atoms with Crippen LogP contribution in [-0.2, 0) is 9.53 Å². The minimum Gasteiger partial charge on any atom is -0.409 e. The van der Waals surface area contributed by atoms with Gasteiger partial charge in [-0.1, -0.05) is 18.5 Å². The van der Waals surface area contributed by atoms with E-state index >= 15 is 0 Å². The van der Waals surface area contributed by atoms with Gasteiger partial charge >= 0.3 is 0 Å². The van der Waals surface area contributed by atoms with Crippen LogP contribution in [0, 0.1) is 11.3 Å². The number of likely N-dealkylation sites (tertiary alicyclic amines) is 1. The molecule has 0 aromatic heterocycles. The van der Waals surface area contributed by atoms with Gasteiger partial charge < -0.3 is 20.6 Å². The van der Waals surface area contributed by atoms with E-state index in [4.69, 9.17) is 15.7 Å². The van der Waals surface area contributed by atoms with Crippen molar-refractivity contribution in [3.63, 3.8) is 0 Å². The fourth-order valence-corrected chi connectivity index (χ4v) is 3.36. The van der Waals surface area contributed by atoms with E-state index in [1.807, 2.05) is 4.90 Å². The highest BCUT2D eigenvalue weighted by molar-refractivity contribution is 6.06. The van der Waals surface area contributed by atoms with Gasteiger partial charge in [-0.05, 0) is 31.6 Å². The first kappa shape index (κ1) is 15.1. The molecule has 0 aromatic carbocycles. The summed E-state index contributed by atoms with van der Waals surface area (Å²) in [7, 11) is 0. The van der Waals surface area contributed by atoms with E-state index in [1.54, 1.807) is 0 Å². The third-order valence-electron chi connectivity index (χ3n) is 4.62. The summed E-state index contributed by atoms with van der Waals surface area (Å²) in [6.45, 7) is 4.71. The lowest BCUT2D eigenvalue weighted by molar-refractivity contribution is -0.141. The second kappa shape index (κ2) is 6.43. The lowest BCUT2D eigenvalue weighted by atomic mass is 9.77. The fourth-order valence-electron chi connectivity index (χ4n) is 3.36. The van der Waals surface area contributed by atoms with Gasteiger partial charge in [0.15, 0.2) is 5.84 Å². The van der Waals surface area contributed by atoms with Crippen LogP contribution in [0.4, 0.5) is 0 Å². The highest BCUT2D eigenvalue weighted by Crippen LogP contribution is 2.35. The number of ether oxygens (including phenoxy) is 1. The van der Waals surface area contributed by atoms with Gasteiger partial charge in [0.05, 0.1) is 0 Å². The van der Waals surface area contributed by atoms with Crippen LogP contribution in [0.25, 0.3) is 0 Å². The summed E-state index contributed by atoms with van der Waals surface area (Å²) in [6.07, 6.45) is 4.35. The van der Waals surface area contributed by atoms with Crippen LogP contribution in [0.3, 0.4) is 0 Å². The second-order valence-electron chi connectivity index (χ2n) is 5.87. The van der Waals surface area contributed by atoms with Crippen molar-refractivity contribution in [2.24, 2.45) is 22.2 Å². The van der Waals surface area contributed by atoms with Crippen LogP contribution in [0.2, 0.25) is 0 Å². The number of nitrogens with two attached hydrogens (primary N) is 1. The summed E-state index contributed by atoms with van der Waals surface area (Å²) >= 11 is 0. The van der Waals surface area contributed by atoms with Crippen molar-refractivity contribution in [1.29, 1.82) is 0 Å². The van der Waals surface area contributed by atoms with E-state index in [2.05, 4.69) is 12.1 Å². The second-order valence-corrected chi connectivity index (χ2v) is 5.87. The van der Waals surface area contributed by atoms with E-state index < -0.39 is 5.41 Å². The summed E-state index contributed by atoms with van der Waals surface area (Å²) in [6, 6.07) is 0. The highest BCUT2D eigenvalue weighted by atomic mass is 16.5. The molecule has 2 aliphatic heterocycles. The zero-order valence-electron chi connectivity index (χ0n) is 12.2. The minimum atomic E-state index is -0.867. The van der Waals surface area contributed by atoms with Gasteiger partial charge in [-0.15, -0.1) is 0 Å². The predicted octanol–water partition coefficient (Wildman–Crippen LogP) is 1.18. The number of nitrogens with zero attached hydrogens (tertiary/aromatic N) is 2. The first-order valence-corrected chi connectivity index (χ1v) is 7.49. The zero-order valence-corrected chi connectivity index (χ0v) is 12.2. The first-order valence-electron chi connectivity index (χ1n) is 7.49. The fraction of sp³-hybridized carbons (Fsp3) is 0.857. The largest absolute Gasteiger partial charge is 0.409 e. The topological polar surface area (TPSA) is 88.2 Å². The number of hydrogen-bond acceptors (Lipinski definition) is 4. The Bertz CT molecular complexity index is 378. The van der Waals surface area contributed by atoms with Crippen LogP contribution in [0.5, 0.6) is 0 Å². The molecule has 6 heteroatoms. The summed E-state index contributed by atoms with van der Waals surface area (Å²) in [5, 5.41) is 12.2. The van der Waals surface area contributed by atoms with Crippen molar-refractivity contribution >= 4 is 11.7 Å². The molecular formula is C14H25N3O3. The molecule has 3 N–H and O–H groups in total. The third-order valence-corrected chi connectivity index (χ3v) is 4.62. The molecule has 0 spiro atoms. The molecule has 1 unspecified atom stereocenters. The molecule has 6 nitrogen and oxygen atoms in total. The molecule has 1 amide bonds. The van der Waals surface area contributed by atoms with Gasteiger partial charge in [0, 0.05) is 26.3 Å². The Morgan fingerprint density at radius 3 is 2.80 bits per heavy atom. The highest BCUT2D eigenvalue weighted by Gasteiger charge is 2.47. The lowest BCUT2D eigenvalue weighted by Gasteiger charge is -2.37. The number of hydrogen-bond donors (Lipinski definition) is 2. The maximum atomic E-state index is 12.9. The molecule has 0 saturated carbocycles. The van der Waals surface area contributed by atoms with E-state index in [0.717, 1.165) is 32.4 Å². The molecule has 0 bridgehead atoms. The summed E-state index contributed by atoms with van der Waals surface area (Å²) < 4.78 is 5.33. The maximum Gasteiger partial charge on any atom is 0.236 e. The molecule has 2 saturated heterocycles. The molecule has 2 rings (SSSR count). The molecule has 0 aromatic rings. The number of amides is 1. The van der Waals surface area contributed by atoms with Gasteiger partial charge in [-0.25, -0.2) is 0 Å². The van der Waals surface area contributed by atoms with E-state index in [0.29, 0.717) is 32.0 Å². The van der Waals surface area contributed by atoms with Crippen molar-refractivity contribution in [2.45, 2.75) is 39.0 Å².